The molecule has 2 heterocycles. The predicted molar refractivity (Wildman–Crippen MR) is 104 cm³/mol. The van der Waals surface area contributed by atoms with E-state index in [9.17, 15) is 13.2 Å². The van der Waals surface area contributed by atoms with Gasteiger partial charge in [-0.15, -0.1) is 0 Å². The Kier molecular flexibility index (Phi) is 4.46. The van der Waals surface area contributed by atoms with E-state index in [-0.39, 0.29) is 38.7 Å². The maximum atomic E-state index is 13.2. The Morgan fingerprint density at radius 1 is 0.931 bits per heavy atom. The Hall–Kier alpha value is -3.46. The largest absolute Gasteiger partial charge is 0.497 e. The number of furan rings is 1. The fourth-order valence-corrected chi connectivity index (χ4v) is 4.33. The minimum Gasteiger partial charge on any atom is -0.497 e. The lowest BCUT2D eigenvalue weighted by Gasteiger charge is -2.13. The van der Waals surface area contributed by atoms with E-state index < -0.39 is 15.5 Å². The summed E-state index contributed by atoms with van der Waals surface area (Å²) < 4.78 is 53.1. The van der Waals surface area contributed by atoms with Crippen LogP contribution < -0.4 is 19.1 Å². The summed E-state index contributed by atoms with van der Waals surface area (Å²) >= 11 is 0. The molecule has 0 bridgehead atoms. The van der Waals surface area contributed by atoms with Crippen LogP contribution in [0.25, 0.3) is 21.9 Å². The highest BCUT2D eigenvalue weighted by Gasteiger charge is 2.31. The first kappa shape index (κ1) is 18.9. The first-order chi connectivity index (χ1) is 13.9. The standard InChI is InChI=1S/C20H16O8S/c1-11-10-15(21)16-17(25-3)14-8-9-26-18(14)20(19(16)27-11)29(22,23)28-13-6-4-12(24-2)5-7-13/h4-10H,1-3H3. The van der Waals surface area contributed by atoms with Gasteiger partial charge in [-0.2, -0.15) is 8.42 Å². The molecule has 0 fully saturated rings. The van der Waals surface area contributed by atoms with Crippen molar-refractivity contribution in [2.75, 3.05) is 14.2 Å². The van der Waals surface area contributed by atoms with E-state index >= 15 is 0 Å². The van der Waals surface area contributed by atoms with E-state index in [0.29, 0.717) is 11.1 Å². The number of methoxy groups -OCH3 is 2. The summed E-state index contributed by atoms with van der Waals surface area (Å²) in [4.78, 5) is 12.2. The summed E-state index contributed by atoms with van der Waals surface area (Å²) in [5, 5.41) is 0.303. The molecular formula is C20H16O8S. The second-order valence-corrected chi connectivity index (χ2v) is 7.65. The molecule has 29 heavy (non-hydrogen) atoms. The van der Waals surface area contributed by atoms with Crippen LogP contribution in [-0.4, -0.2) is 22.6 Å². The lowest BCUT2D eigenvalue weighted by molar-refractivity contribution is 0.413. The van der Waals surface area contributed by atoms with Crippen LogP contribution in [0.2, 0.25) is 0 Å². The Labute approximate surface area is 165 Å². The molecule has 150 valence electrons. The third kappa shape index (κ3) is 3.09. The highest BCUT2D eigenvalue weighted by molar-refractivity contribution is 7.87. The van der Waals surface area contributed by atoms with Crippen molar-refractivity contribution >= 4 is 32.1 Å². The molecule has 0 aliphatic heterocycles. The van der Waals surface area contributed by atoms with Crippen LogP contribution in [0.4, 0.5) is 0 Å². The van der Waals surface area contributed by atoms with Crippen molar-refractivity contribution in [2.24, 2.45) is 0 Å². The van der Waals surface area contributed by atoms with Crippen molar-refractivity contribution in [3.63, 3.8) is 0 Å². The molecule has 0 saturated carbocycles. The Balaban J connectivity index is 2.02. The lowest BCUT2D eigenvalue weighted by atomic mass is 10.1. The second kappa shape index (κ2) is 6.85. The van der Waals surface area contributed by atoms with Crippen LogP contribution in [-0.2, 0) is 10.1 Å². The molecule has 0 aliphatic rings. The Bertz CT molecular complexity index is 1380. The monoisotopic (exact) mass is 416 g/mol. The van der Waals surface area contributed by atoms with E-state index in [0.717, 1.165) is 0 Å². The van der Waals surface area contributed by atoms with Gasteiger partial charge in [0.05, 0.1) is 25.9 Å². The molecule has 0 amide bonds. The van der Waals surface area contributed by atoms with Gasteiger partial charge in [-0.3, -0.25) is 4.79 Å². The van der Waals surface area contributed by atoms with Crippen LogP contribution >= 0.6 is 0 Å². The number of hydrogen-bond donors (Lipinski definition) is 0. The Morgan fingerprint density at radius 3 is 2.28 bits per heavy atom. The fourth-order valence-electron chi connectivity index (χ4n) is 3.13. The summed E-state index contributed by atoms with van der Waals surface area (Å²) in [6.45, 7) is 1.54. The number of hydrogen-bond acceptors (Lipinski definition) is 8. The van der Waals surface area contributed by atoms with Crippen LogP contribution in [0.1, 0.15) is 5.76 Å². The number of ether oxygens (including phenoxy) is 2. The molecule has 0 aliphatic carbocycles. The molecule has 0 atom stereocenters. The van der Waals surface area contributed by atoms with E-state index in [2.05, 4.69) is 0 Å². The van der Waals surface area contributed by atoms with Gasteiger partial charge >= 0.3 is 10.1 Å². The number of fused-ring (bicyclic) bond motifs is 2. The summed E-state index contributed by atoms with van der Waals surface area (Å²) in [5.41, 5.74) is -0.663. The number of benzene rings is 2. The van der Waals surface area contributed by atoms with Gasteiger partial charge in [0.1, 0.15) is 28.4 Å². The van der Waals surface area contributed by atoms with Gasteiger partial charge in [0.15, 0.2) is 21.5 Å². The molecule has 4 rings (SSSR count). The summed E-state index contributed by atoms with van der Waals surface area (Å²) in [5.74, 6) is 1.00. The van der Waals surface area contributed by atoms with Gasteiger partial charge in [-0.1, -0.05) is 0 Å². The van der Waals surface area contributed by atoms with Crippen LogP contribution in [0.3, 0.4) is 0 Å². The first-order valence-corrected chi connectivity index (χ1v) is 9.86. The van der Waals surface area contributed by atoms with E-state index in [1.54, 1.807) is 19.1 Å². The summed E-state index contributed by atoms with van der Waals surface area (Å²) in [7, 11) is -1.57. The molecule has 9 heteroatoms. The molecule has 0 saturated heterocycles. The molecular weight excluding hydrogens is 400 g/mol. The summed E-state index contributed by atoms with van der Waals surface area (Å²) in [6, 6.07) is 8.79. The second-order valence-electron chi connectivity index (χ2n) is 6.16. The van der Waals surface area contributed by atoms with Crippen LogP contribution in [0, 0.1) is 6.92 Å². The van der Waals surface area contributed by atoms with Gasteiger partial charge in [0.25, 0.3) is 0 Å². The highest BCUT2D eigenvalue weighted by atomic mass is 32.2. The Morgan fingerprint density at radius 2 is 1.62 bits per heavy atom. The third-order valence-corrected chi connectivity index (χ3v) is 5.62. The van der Waals surface area contributed by atoms with E-state index in [1.807, 2.05) is 0 Å². The first-order valence-electron chi connectivity index (χ1n) is 8.46. The SMILES string of the molecule is COc1ccc(OS(=O)(=O)c2c3occc3c(OC)c3c(=O)cc(C)oc23)cc1. The number of rotatable bonds is 5. The molecule has 4 aromatic rings. The van der Waals surface area contributed by atoms with Crippen molar-refractivity contribution < 1.29 is 30.9 Å². The smallest absolute Gasteiger partial charge is 0.346 e. The maximum absolute atomic E-state index is 13.2. The van der Waals surface area contributed by atoms with Gasteiger partial charge in [-0.25, -0.2) is 0 Å². The van der Waals surface area contributed by atoms with Gasteiger partial charge < -0.3 is 22.5 Å². The van der Waals surface area contributed by atoms with Crippen molar-refractivity contribution in [2.45, 2.75) is 11.8 Å². The quantitative estimate of drug-likeness (QED) is 0.454. The van der Waals surface area contributed by atoms with Gasteiger partial charge in [-0.05, 0) is 37.3 Å². The molecule has 0 spiro atoms. The third-order valence-electron chi connectivity index (χ3n) is 4.34. The van der Waals surface area contributed by atoms with Gasteiger partial charge in [0, 0.05) is 6.07 Å². The van der Waals surface area contributed by atoms with Gasteiger partial charge in [0.2, 0.25) is 0 Å². The predicted octanol–water partition coefficient (Wildman–Crippen LogP) is 3.63. The average Bonchev–Trinajstić information content (AvgIpc) is 3.15. The maximum Gasteiger partial charge on any atom is 0.346 e. The minimum atomic E-state index is -4.44. The van der Waals surface area contributed by atoms with Crippen molar-refractivity contribution in [3.8, 4) is 17.2 Å². The topological polar surface area (TPSA) is 105 Å². The van der Waals surface area contributed by atoms with Crippen LogP contribution in [0.5, 0.6) is 17.2 Å². The van der Waals surface area contributed by atoms with Crippen molar-refractivity contribution in [1.29, 1.82) is 0 Å². The molecule has 2 aromatic heterocycles. The van der Waals surface area contributed by atoms with Crippen molar-refractivity contribution in [3.05, 3.63) is 58.6 Å². The number of aryl methyl sites for hydroxylation is 1. The van der Waals surface area contributed by atoms with Crippen LogP contribution in [0.15, 0.2) is 61.2 Å². The molecule has 0 radical (unpaired) electrons. The summed E-state index contributed by atoms with van der Waals surface area (Å²) in [6.07, 6.45) is 1.30. The minimum absolute atomic E-state index is 0.0103. The highest BCUT2D eigenvalue weighted by Crippen LogP contribution is 2.40. The average molecular weight is 416 g/mol. The molecule has 8 nitrogen and oxygen atoms in total. The van der Waals surface area contributed by atoms with E-state index in [4.69, 9.17) is 22.5 Å². The van der Waals surface area contributed by atoms with E-state index in [1.165, 1.54) is 44.7 Å². The molecule has 0 N–H and O–H groups in total. The molecule has 0 unspecified atom stereocenters. The zero-order valence-electron chi connectivity index (χ0n) is 15.7. The fraction of sp³-hybridized carbons (Fsp3) is 0.150. The zero-order valence-corrected chi connectivity index (χ0v) is 16.5. The normalized spacial score (nSPS) is 11.7. The zero-order chi connectivity index (χ0) is 20.8. The molecule has 2 aromatic carbocycles. The lowest BCUT2D eigenvalue weighted by Crippen LogP contribution is -2.13. The van der Waals surface area contributed by atoms with Crippen molar-refractivity contribution in [1.82, 2.24) is 0 Å².